The molecular formula is C21H24N2O6. The van der Waals surface area contributed by atoms with Crippen LogP contribution in [0.2, 0.25) is 0 Å². The van der Waals surface area contributed by atoms with Crippen LogP contribution in [-0.2, 0) is 4.79 Å². The molecule has 1 aromatic heterocycles. The molecule has 0 radical (unpaired) electrons. The van der Waals surface area contributed by atoms with Crippen molar-refractivity contribution in [2.45, 2.75) is 6.04 Å². The van der Waals surface area contributed by atoms with E-state index in [0.29, 0.717) is 30.2 Å². The molecule has 1 aliphatic heterocycles. The van der Waals surface area contributed by atoms with E-state index in [4.69, 9.17) is 13.9 Å². The minimum Gasteiger partial charge on any atom is -0.503 e. The number of aliphatic hydroxyl groups is 1. The zero-order valence-electron chi connectivity index (χ0n) is 16.8. The molecule has 154 valence electrons. The van der Waals surface area contributed by atoms with E-state index >= 15 is 0 Å². The molecule has 0 fully saturated rings. The summed E-state index contributed by atoms with van der Waals surface area (Å²) in [7, 11) is 6.75. The van der Waals surface area contributed by atoms with Gasteiger partial charge in [0, 0.05) is 18.7 Å². The van der Waals surface area contributed by atoms with Crippen molar-refractivity contribution in [3.05, 3.63) is 59.3 Å². The summed E-state index contributed by atoms with van der Waals surface area (Å²) in [4.78, 5) is 29.4. The highest BCUT2D eigenvalue weighted by molar-refractivity contribution is 6.15. The highest BCUT2D eigenvalue weighted by Crippen LogP contribution is 2.45. The minimum absolute atomic E-state index is 0.0423. The fraction of sp³-hybridized carbons (Fsp3) is 0.333. The van der Waals surface area contributed by atoms with Gasteiger partial charge in [0.25, 0.3) is 5.91 Å². The van der Waals surface area contributed by atoms with E-state index in [1.165, 1.54) is 31.4 Å². The van der Waals surface area contributed by atoms with Crippen molar-refractivity contribution in [3.8, 4) is 11.5 Å². The van der Waals surface area contributed by atoms with E-state index in [-0.39, 0.29) is 11.3 Å². The number of Topliss-reactive ketones (excluding diaryl/α,β-unsaturated/α-hetero) is 1. The van der Waals surface area contributed by atoms with Gasteiger partial charge >= 0.3 is 0 Å². The first-order valence-electron chi connectivity index (χ1n) is 9.08. The molecule has 0 bridgehead atoms. The normalized spacial score (nSPS) is 16.7. The fourth-order valence-electron chi connectivity index (χ4n) is 3.42. The van der Waals surface area contributed by atoms with Crippen molar-refractivity contribution in [3.63, 3.8) is 0 Å². The second-order valence-electron chi connectivity index (χ2n) is 6.86. The van der Waals surface area contributed by atoms with Crippen molar-refractivity contribution in [1.29, 1.82) is 0 Å². The van der Waals surface area contributed by atoms with E-state index < -0.39 is 23.5 Å². The van der Waals surface area contributed by atoms with Gasteiger partial charge in [-0.2, -0.15) is 0 Å². The Morgan fingerprint density at radius 3 is 2.55 bits per heavy atom. The Labute approximate surface area is 168 Å². The lowest BCUT2D eigenvalue weighted by Gasteiger charge is -2.29. The number of hydrogen-bond acceptors (Lipinski definition) is 7. The lowest BCUT2D eigenvalue weighted by atomic mass is 9.94. The summed E-state index contributed by atoms with van der Waals surface area (Å²) in [6, 6.07) is 7.44. The summed E-state index contributed by atoms with van der Waals surface area (Å²) in [6.45, 7) is 0.847. The largest absolute Gasteiger partial charge is 0.503 e. The van der Waals surface area contributed by atoms with Crippen LogP contribution in [0.1, 0.15) is 22.2 Å². The molecule has 8 heteroatoms. The number of carbonyl (C=O) groups is 2. The molecule has 29 heavy (non-hydrogen) atoms. The summed E-state index contributed by atoms with van der Waals surface area (Å²) >= 11 is 0. The van der Waals surface area contributed by atoms with Crippen molar-refractivity contribution >= 4 is 11.7 Å². The summed E-state index contributed by atoms with van der Waals surface area (Å²) < 4.78 is 16.1. The van der Waals surface area contributed by atoms with Crippen molar-refractivity contribution in [2.24, 2.45) is 0 Å². The van der Waals surface area contributed by atoms with Gasteiger partial charge in [0.1, 0.15) is 0 Å². The van der Waals surface area contributed by atoms with Gasteiger partial charge in [-0.05, 0) is 32.3 Å². The van der Waals surface area contributed by atoms with Gasteiger partial charge in [-0.3, -0.25) is 9.59 Å². The van der Waals surface area contributed by atoms with Crippen LogP contribution in [0.4, 0.5) is 0 Å². The molecule has 8 nitrogen and oxygen atoms in total. The maximum atomic E-state index is 13.1. The quantitative estimate of drug-likeness (QED) is 0.681. The molecule has 1 N–H and O–H groups in total. The van der Waals surface area contributed by atoms with Gasteiger partial charge in [0.05, 0.1) is 32.1 Å². The third kappa shape index (κ3) is 3.71. The van der Waals surface area contributed by atoms with Crippen LogP contribution in [0, 0.1) is 0 Å². The molecule has 1 atom stereocenters. The second-order valence-corrected chi connectivity index (χ2v) is 6.86. The van der Waals surface area contributed by atoms with E-state index in [0.717, 1.165) is 0 Å². The SMILES string of the molecule is COc1cccc([C@@H]2C(C(=O)c3ccco3)=C(O)C(=O)N2CCN(C)C)c1OC. The molecule has 1 aromatic carbocycles. The monoisotopic (exact) mass is 400 g/mol. The summed E-state index contributed by atoms with van der Waals surface area (Å²) in [5.41, 5.74) is 0.494. The van der Waals surface area contributed by atoms with Gasteiger partial charge in [-0.25, -0.2) is 0 Å². The van der Waals surface area contributed by atoms with Crippen LogP contribution in [0.5, 0.6) is 11.5 Å². The fourth-order valence-corrected chi connectivity index (χ4v) is 3.42. The second kappa shape index (κ2) is 8.40. The summed E-state index contributed by atoms with van der Waals surface area (Å²) in [6.07, 6.45) is 1.37. The Bertz CT molecular complexity index is 933. The number of likely N-dealkylation sites (N-methyl/N-ethyl adjacent to an activating group) is 1. The number of hydrogen-bond donors (Lipinski definition) is 1. The first-order chi connectivity index (χ1) is 13.9. The number of aliphatic hydroxyl groups excluding tert-OH is 1. The molecule has 0 unspecified atom stereocenters. The Balaban J connectivity index is 2.16. The number of furan rings is 1. The smallest absolute Gasteiger partial charge is 0.290 e. The lowest BCUT2D eigenvalue weighted by Crippen LogP contribution is -2.36. The van der Waals surface area contributed by atoms with Gasteiger partial charge in [-0.15, -0.1) is 0 Å². The number of amides is 1. The van der Waals surface area contributed by atoms with Crippen LogP contribution in [-0.4, -0.2) is 68.0 Å². The summed E-state index contributed by atoms with van der Waals surface area (Å²) in [5.74, 6) is -0.858. The van der Waals surface area contributed by atoms with Crippen molar-refractivity contribution in [1.82, 2.24) is 9.80 Å². The van der Waals surface area contributed by atoms with Gasteiger partial charge < -0.3 is 28.8 Å². The maximum Gasteiger partial charge on any atom is 0.290 e. The predicted molar refractivity (Wildman–Crippen MR) is 105 cm³/mol. The zero-order chi connectivity index (χ0) is 21.1. The number of ether oxygens (including phenoxy) is 2. The number of benzene rings is 1. The number of methoxy groups -OCH3 is 2. The van der Waals surface area contributed by atoms with Crippen molar-refractivity contribution < 1.29 is 28.6 Å². The molecule has 3 rings (SSSR count). The molecule has 0 saturated carbocycles. The minimum atomic E-state index is -0.843. The topological polar surface area (TPSA) is 92.5 Å². The van der Waals surface area contributed by atoms with Crippen LogP contribution in [0.15, 0.2) is 52.3 Å². The maximum absolute atomic E-state index is 13.1. The number of ketones is 1. The first kappa shape index (κ1) is 20.5. The average molecular weight is 400 g/mol. The van der Waals surface area contributed by atoms with Crippen molar-refractivity contribution in [2.75, 3.05) is 41.4 Å². The highest BCUT2D eigenvalue weighted by atomic mass is 16.5. The molecule has 0 spiro atoms. The molecule has 1 amide bonds. The van der Waals surface area contributed by atoms with E-state index in [2.05, 4.69) is 0 Å². The molecule has 0 saturated heterocycles. The van der Waals surface area contributed by atoms with Gasteiger partial charge in [0.15, 0.2) is 23.0 Å². The number of rotatable bonds is 8. The van der Waals surface area contributed by atoms with E-state index in [1.54, 1.807) is 24.3 Å². The highest BCUT2D eigenvalue weighted by Gasteiger charge is 2.45. The molecule has 2 aromatic rings. The summed E-state index contributed by atoms with van der Waals surface area (Å²) in [5, 5.41) is 10.6. The zero-order valence-corrected chi connectivity index (χ0v) is 16.8. The predicted octanol–water partition coefficient (Wildman–Crippen LogP) is 2.44. The number of para-hydroxylation sites is 1. The Morgan fingerprint density at radius 1 is 1.21 bits per heavy atom. The average Bonchev–Trinajstić information content (AvgIpc) is 3.33. The van der Waals surface area contributed by atoms with Crippen LogP contribution in [0.3, 0.4) is 0 Å². The number of nitrogens with zero attached hydrogens (tertiary/aromatic N) is 2. The van der Waals surface area contributed by atoms with Crippen LogP contribution < -0.4 is 9.47 Å². The first-order valence-corrected chi connectivity index (χ1v) is 9.08. The third-order valence-electron chi connectivity index (χ3n) is 4.81. The number of carbonyl (C=O) groups excluding carboxylic acids is 2. The standard InChI is InChI=1S/C21H24N2O6/c1-22(2)10-11-23-17(13-7-5-8-15(27-3)20(13)28-4)16(19(25)21(23)26)18(24)14-9-6-12-29-14/h5-9,12,17,25H,10-11H2,1-4H3/t17-/m1/s1. The van der Waals surface area contributed by atoms with Gasteiger partial charge in [-0.1, -0.05) is 12.1 Å². The molecule has 2 heterocycles. The van der Waals surface area contributed by atoms with E-state index in [9.17, 15) is 14.7 Å². The Morgan fingerprint density at radius 2 is 1.97 bits per heavy atom. The van der Waals surface area contributed by atoms with E-state index in [1.807, 2.05) is 19.0 Å². The Hall–Kier alpha value is -3.26. The molecular weight excluding hydrogens is 376 g/mol. The third-order valence-corrected chi connectivity index (χ3v) is 4.81. The lowest BCUT2D eigenvalue weighted by molar-refractivity contribution is -0.129. The van der Waals surface area contributed by atoms with Crippen LogP contribution >= 0.6 is 0 Å². The van der Waals surface area contributed by atoms with Crippen LogP contribution in [0.25, 0.3) is 0 Å². The molecule has 0 aliphatic carbocycles. The molecule has 1 aliphatic rings. The Kier molecular flexibility index (Phi) is 5.93. The van der Waals surface area contributed by atoms with Gasteiger partial charge in [0.2, 0.25) is 5.78 Å².